The highest BCUT2D eigenvalue weighted by Crippen LogP contribution is 2.66. The Bertz CT molecular complexity index is 1640. The number of rotatable bonds is 7. The highest BCUT2D eigenvalue weighted by atomic mass is 16.6. The number of methoxy groups -OCH3 is 1. The molecule has 0 spiro atoms. The standard InChI is InChI=1S/C37H44N2O11/c1-18-14-19(2)37(45)23(10-11-24-27-28(29(24)37)30(40)20(3)32(27)50-33(41)25-9-7-13-39-25)15-26(46-5)34(42)49-31(18)21(4)48-36(44)35(43)47-17-22-8-6-12-38-16-22/h6-14,16,18,20-21,23-24,26-32,39-40,45H,15,17H2,1-5H3/p+1/b19-14+/t18-,20-,21-,23-,24?,26+,27+,28?,29?,30-,31+,32-,37+/m1/s1. The molecule has 0 amide bonds. The van der Waals surface area contributed by atoms with Crippen molar-refractivity contribution in [1.82, 2.24) is 4.98 Å². The number of H-pyrrole nitrogens is 2. The predicted octanol–water partition coefficient (Wildman–Crippen LogP) is 2.35. The Balaban J connectivity index is 1.24. The van der Waals surface area contributed by atoms with Crippen molar-refractivity contribution in [2.45, 2.75) is 76.8 Å². The zero-order valence-corrected chi connectivity index (χ0v) is 28.7. The molecule has 4 N–H and O–H groups in total. The molecule has 4 aliphatic rings. The molecule has 3 unspecified atom stereocenters. The third-order valence-corrected chi connectivity index (χ3v) is 11.2. The number of aliphatic hydroxyl groups excluding tert-OH is 1. The van der Waals surface area contributed by atoms with E-state index in [9.17, 15) is 29.4 Å². The Morgan fingerprint density at radius 2 is 1.92 bits per heavy atom. The van der Waals surface area contributed by atoms with Gasteiger partial charge in [0.25, 0.3) is 0 Å². The van der Waals surface area contributed by atoms with Crippen LogP contribution < -0.4 is 4.98 Å². The molecule has 50 heavy (non-hydrogen) atoms. The number of hydrogen-bond donors (Lipinski definition) is 3. The third-order valence-electron chi connectivity index (χ3n) is 11.2. The molecule has 3 heterocycles. The van der Waals surface area contributed by atoms with Gasteiger partial charge in [0.1, 0.15) is 30.6 Å². The minimum Gasteiger partial charge on any atom is -0.457 e. The van der Waals surface area contributed by atoms with Crippen LogP contribution in [0.1, 0.15) is 50.2 Å². The highest BCUT2D eigenvalue weighted by molar-refractivity contribution is 6.29. The van der Waals surface area contributed by atoms with Crippen LogP contribution in [-0.2, 0) is 44.7 Å². The lowest BCUT2D eigenvalue weighted by Crippen LogP contribution is -2.65. The van der Waals surface area contributed by atoms with Gasteiger partial charge in [-0.05, 0) is 55.9 Å². The van der Waals surface area contributed by atoms with Crippen molar-refractivity contribution in [3.05, 3.63) is 77.9 Å². The fourth-order valence-corrected chi connectivity index (χ4v) is 8.75. The van der Waals surface area contributed by atoms with Crippen molar-refractivity contribution in [3.8, 4) is 0 Å². The van der Waals surface area contributed by atoms with Gasteiger partial charge in [-0.2, -0.15) is 0 Å². The van der Waals surface area contributed by atoms with Crippen molar-refractivity contribution in [2.75, 3.05) is 7.11 Å². The van der Waals surface area contributed by atoms with Gasteiger partial charge in [-0.25, -0.2) is 24.2 Å². The van der Waals surface area contributed by atoms with Crippen molar-refractivity contribution >= 4 is 23.9 Å². The molecular formula is C37H45N2O11+. The van der Waals surface area contributed by atoms with Crippen LogP contribution in [0.4, 0.5) is 0 Å². The summed E-state index contributed by atoms with van der Waals surface area (Å²) in [6.45, 7) is 6.79. The van der Waals surface area contributed by atoms with Gasteiger partial charge in [-0.1, -0.05) is 32.1 Å². The lowest BCUT2D eigenvalue weighted by molar-refractivity contribution is -0.379. The van der Waals surface area contributed by atoms with E-state index in [2.05, 4.69) is 9.97 Å². The lowest BCUT2D eigenvalue weighted by Gasteiger charge is -2.61. The van der Waals surface area contributed by atoms with E-state index >= 15 is 0 Å². The number of carbonyl (C=O) groups excluding carboxylic acids is 4. The van der Waals surface area contributed by atoms with E-state index in [-0.39, 0.29) is 36.7 Å². The predicted molar refractivity (Wildman–Crippen MR) is 173 cm³/mol. The van der Waals surface area contributed by atoms with Crippen molar-refractivity contribution < 1.29 is 58.1 Å². The molecule has 2 aromatic heterocycles. The Morgan fingerprint density at radius 1 is 1.14 bits per heavy atom. The van der Waals surface area contributed by atoms with Crippen LogP contribution in [0, 0.1) is 41.4 Å². The molecule has 13 heteroatoms. The van der Waals surface area contributed by atoms with Gasteiger partial charge in [0, 0.05) is 49.0 Å². The molecule has 13 nitrogen and oxygen atoms in total. The summed E-state index contributed by atoms with van der Waals surface area (Å²) < 4.78 is 28.0. The third kappa shape index (κ3) is 6.26. The maximum Gasteiger partial charge on any atom is 0.417 e. The van der Waals surface area contributed by atoms with E-state index < -0.39 is 77.8 Å². The summed E-state index contributed by atoms with van der Waals surface area (Å²) in [4.78, 5) is 57.4. The van der Waals surface area contributed by atoms with Gasteiger partial charge in [0.05, 0.1) is 17.3 Å². The molecule has 2 aromatic rings. The normalized spacial score (nSPS) is 37.7. The average Bonchev–Trinajstić information content (AvgIpc) is 3.70. The Hall–Kier alpha value is -4.33. The number of aromatic amines is 2. The van der Waals surface area contributed by atoms with Crippen LogP contribution >= 0.6 is 0 Å². The number of aromatic nitrogens is 2. The molecule has 0 saturated heterocycles. The number of pyridine rings is 1. The number of esters is 4. The molecular weight excluding hydrogens is 648 g/mol. The second-order valence-electron chi connectivity index (χ2n) is 14.0. The number of allylic oxidation sites excluding steroid dienone is 1. The maximum atomic E-state index is 13.5. The molecule has 3 aliphatic carbocycles. The fraction of sp³-hybridized carbons (Fsp3) is 0.541. The molecule has 2 saturated carbocycles. The van der Waals surface area contributed by atoms with Crippen LogP contribution in [0.15, 0.2) is 66.7 Å². The highest BCUT2D eigenvalue weighted by Gasteiger charge is 2.71. The summed E-state index contributed by atoms with van der Waals surface area (Å²) in [6.07, 6.45) is 6.09. The molecule has 1 aliphatic heterocycles. The number of fused-ring (bicyclic) bond motifs is 6. The molecule has 13 atom stereocenters. The van der Waals surface area contributed by atoms with E-state index in [0.717, 1.165) is 0 Å². The van der Waals surface area contributed by atoms with E-state index in [0.29, 0.717) is 16.8 Å². The smallest absolute Gasteiger partial charge is 0.417 e. The van der Waals surface area contributed by atoms with Crippen molar-refractivity contribution in [3.63, 3.8) is 0 Å². The number of aliphatic hydroxyl groups is 2. The Labute approximate surface area is 290 Å². The van der Waals surface area contributed by atoms with Crippen molar-refractivity contribution in [1.29, 1.82) is 0 Å². The lowest BCUT2D eigenvalue weighted by atomic mass is 9.46. The number of nitrogens with one attached hydrogen (secondary N) is 2. The quantitative estimate of drug-likeness (QED) is 0.167. The molecule has 0 bridgehead atoms. The average molecular weight is 694 g/mol. The summed E-state index contributed by atoms with van der Waals surface area (Å²) in [7, 11) is 1.38. The summed E-state index contributed by atoms with van der Waals surface area (Å²) >= 11 is 0. The van der Waals surface area contributed by atoms with Gasteiger partial charge in [0.2, 0.25) is 0 Å². The van der Waals surface area contributed by atoms with Crippen LogP contribution in [0.3, 0.4) is 0 Å². The first-order valence-electron chi connectivity index (χ1n) is 17.0. The zero-order valence-electron chi connectivity index (χ0n) is 28.7. The Morgan fingerprint density at radius 3 is 2.60 bits per heavy atom. The summed E-state index contributed by atoms with van der Waals surface area (Å²) in [6, 6.07) is 6.78. The molecule has 6 rings (SSSR count). The van der Waals surface area contributed by atoms with Gasteiger partial charge in [0.15, 0.2) is 18.5 Å². The van der Waals surface area contributed by atoms with E-state index in [1.165, 1.54) is 14.0 Å². The van der Waals surface area contributed by atoms with Crippen LogP contribution in [0.5, 0.6) is 0 Å². The summed E-state index contributed by atoms with van der Waals surface area (Å²) in [5.74, 6) is -6.48. The first kappa shape index (κ1) is 35.5. The molecule has 0 radical (unpaired) electrons. The number of ether oxygens (including phenoxy) is 5. The van der Waals surface area contributed by atoms with E-state index in [1.807, 2.05) is 19.1 Å². The number of hydrogen-bond acceptors (Lipinski definition) is 11. The van der Waals surface area contributed by atoms with Gasteiger partial charge in [-0.15, -0.1) is 0 Å². The fourth-order valence-electron chi connectivity index (χ4n) is 8.75. The molecule has 268 valence electrons. The second-order valence-corrected chi connectivity index (χ2v) is 14.0. The maximum absolute atomic E-state index is 13.5. The zero-order chi connectivity index (χ0) is 35.9. The first-order chi connectivity index (χ1) is 23.9. The topological polar surface area (TPSA) is 185 Å². The largest absolute Gasteiger partial charge is 0.457 e. The SMILES string of the molecule is CO[C@H]1C[C@H]2C=CC3C(C4[C@H]3[C@H](OC(=O)c3ccc[nH]3)[C@H](C)[C@H]4O)[C@]2(O)/C(C)=C/[C@@H](C)[C@@H]([C@@H](C)OC(=O)C(=O)OCc2ccc[nH+]c2)OC1=O. The van der Waals surface area contributed by atoms with Crippen LogP contribution in [0.25, 0.3) is 0 Å². The van der Waals surface area contributed by atoms with Crippen LogP contribution in [-0.4, -0.2) is 82.3 Å². The second kappa shape index (κ2) is 14.1. The van der Waals surface area contributed by atoms with Crippen LogP contribution in [0.2, 0.25) is 0 Å². The van der Waals surface area contributed by atoms with E-state index in [4.69, 9.17) is 23.7 Å². The molecule has 0 aromatic carbocycles. The first-order valence-corrected chi connectivity index (χ1v) is 17.0. The summed E-state index contributed by atoms with van der Waals surface area (Å²) in [5, 5.41) is 24.4. The number of carbonyl (C=O) groups is 4. The monoisotopic (exact) mass is 693 g/mol. The minimum absolute atomic E-state index is 0.0729. The summed E-state index contributed by atoms with van der Waals surface area (Å²) in [5.41, 5.74) is 0.0452. The number of cyclic esters (lactones) is 1. The Kier molecular flexibility index (Phi) is 10.0. The molecule has 2 fully saturated rings. The van der Waals surface area contributed by atoms with E-state index in [1.54, 1.807) is 62.8 Å². The van der Waals surface area contributed by atoms with Gasteiger partial charge >= 0.3 is 23.9 Å². The minimum atomic E-state index is -1.51. The van der Waals surface area contributed by atoms with Gasteiger partial charge < -0.3 is 38.9 Å². The van der Waals surface area contributed by atoms with Gasteiger partial charge in [-0.3, -0.25) is 0 Å². The van der Waals surface area contributed by atoms with Crippen molar-refractivity contribution in [2.24, 2.45) is 41.4 Å².